The van der Waals surface area contributed by atoms with E-state index in [0.29, 0.717) is 12.3 Å². The molecule has 0 amide bonds. The average Bonchev–Trinajstić information content (AvgIpc) is 3.17. The van der Waals surface area contributed by atoms with Crippen molar-refractivity contribution in [2.75, 3.05) is 13.7 Å². The van der Waals surface area contributed by atoms with Crippen LogP contribution in [0, 0.1) is 0 Å². The summed E-state index contributed by atoms with van der Waals surface area (Å²) in [6, 6.07) is 7.75. The van der Waals surface area contributed by atoms with Gasteiger partial charge in [-0.05, 0) is 31.9 Å². The molecule has 0 spiro atoms. The molecule has 2 heterocycles. The van der Waals surface area contributed by atoms with Gasteiger partial charge >= 0.3 is 0 Å². The SMILES string of the molecule is CCc1cc([C@@H]2CCCN2Cc2ccc(OC)cc2O)on1. The fourth-order valence-electron chi connectivity index (χ4n) is 3.01. The number of methoxy groups -OCH3 is 1. The molecule has 5 nitrogen and oxygen atoms in total. The number of ether oxygens (including phenoxy) is 1. The minimum absolute atomic E-state index is 0.245. The average molecular weight is 302 g/mol. The van der Waals surface area contributed by atoms with Crippen LogP contribution in [0.5, 0.6) is 11.5 Å². The Morgan fingerprint density at radius 1 is 1.41 bits per heavy atom. The molecule has 118 valence electrons. The zero-order valence-corrected chi connectivity index (χ0v) is 13.1. The van der Waals surface area contributed by atoms with Crippen molar-refractivity contribution in [2.24, 2.45) is 0 Å². The van der Waals surface area contributed by atoms with Crippen molar-refractivity contribution < 1.29 is 14.4 Å². The fourth-order valence-corrected chi connectivity index (χ4v) is 3.01. The van der Waals surface area contributed by atoms with Crippen molar-refractivity contribution in [1.29, 1.82) is 0 Å². The van der Waals surface area contributed by atoms with Crippen LogP contribution in [0.3, 0.4) is 0 Å². The van der Waals surface area contributed by atoms with E-state index >= 15 is 0 Å². The number of hydrogen-bond donors (Lipinski definition) is 1. The van der Waals surface area contributed by atoms with E-state index in [1.165, 1.54) is 0 Å². The summed E-state index contributed by atoms with van der Waals surface area (Å²) in [5.74, 6) is 1.88. The molecule has 0 bridgehead atoms. The molecule has 1 atom stereocenters. The van der Waals surface area contributed by atoms with E-state index in [1.807, 2.05) is 12.1 Å². The van der Waals surface area contributed by atoms with Crippen LogP contribution in [-0.4, -0.2) is 28.8 Å². The van der Waals surface area contributed by atoms with Crippen LogP contribution in [0.25, 0.3) is 0 Å². The van der Waals surface area contributed by atoms with Crippen molar-refractivity contribution in [1.82, 2.24) is 10.1 Å². The van der Waals surface area contributed by atoms with Crippen molar-refractivity contribution in [3.05, 3.63) is 41.3 Å². The summed E-state index contributed by atoms with van der Waals surface area (Å²) in [6.45, 7) is 3.77. The lowest BCUT2D eigenvalue weighted by molar-refractivity contribution is 0.204. The first-order valence-corrected chi connectivity index (χ1v) is 7.76. The van der Waals surface area contributed by atoms with Crippen molar-refractivity contribution >= 4 is 0 Å². The predicted molar refractivity (Wildman–Crippen MR) is 82.9 cm³/mol. The lowest BCUT2D eigenvalue weighted by Gasteiger charge is -2.22. The number of aromatic hydroxyl groups is 1. The van der Waals surface area contributed by atoms with Crippen LogP contribution in [0.4, 0.5) is 0 Å². The van der Waals surface area contributed by atoms with Crippen molar-refractivity contribution in [3.8, 4) is 11.5 Å². The van der Waals surface area contributed by atoms with E-state index in [2.05, 4.69) is 23.0 Å². The molecule has 1 aliphatic rings. The molecule has 3 rings (SSSR count). The summed E-state index contributed by atoms with van der Waals surface area (Å²) in [7, 11) is 1.60. The van der Waals surface area contributed by atoms with Crippen LogP contribution in [0.2, 0.25) is 0 Å². The highest BCUT2D eigenvalue weighted by Crippen LogP contribution is 2.35. The second kappa shape index (κ2) is 6.40. The normalized spacial score (nSPS) is 18.7. The quantitative estimate of drug-likeness (QED) is 0.918. The maximum Gasteiger partial charge on any atom is 0.154 e. The molecule has 0 aliphatic carbocycles. The third kappa shape index (κ3) is 2.95. The summed E-state index contributed by atoms with van der Waals surface area (Å²) >= 11 is 0. The first kappa shape index (κ1) is 14.9. The number of phenols is 1. The first-order valence-electron chi connectivity index (χ1n) is 7.76. The number of phenolic OH excluding ortho intramolecular Hbond substituents is 1. The Balaban J connectivity index is 1.76. The molecule has 1 saturated heterocycles. The molecule has 22 heavy (non-hydrogen) atoms. The molecule has 1 aromatic carbocycles. The Bertz CT molecular complexity index is 639. The molecule has 0 saturated carbocycles. The molecule has 1 N–H and O–H groups in total. The zero-order valence-electron chi connectivity index (χ0n) is 13.1. The third-order valence-electron chi connectivity index (χ3n) is 4.30. The topological polar surface area (TPSA) is 58.7 Å². The molecule has 0 unspecified atom stereocenters. The molecular weight excluding hydrogens is 280 g/mol. The molecule has 0 radical (unpaired) electrons. The summed E-state index contributed by atoms with van der Waals surface area (Å²) in [4.78, 5) is 2.33. The summed E-state index contributed by atoms with van der Waals surface area (Å²) < 4.78 is 10.6. The van der Waals surface area contributed by atoms with Gasteiger partial charge in [0.1, 0.15) is 11.5 Å². The van der Waals surface area contributed by atoms with Crippen LogP contribution in [-0.2, 0) is 13.0 Å². The van der Waals surface area contributed by atoms with Gasteiger partial charge in [0, 0.05) is 24.2 Å². The van der Waals surface area contributed by atoms with Gasteiger partial charge in [0.05, 0.1) is 18.8 Å². The van der Waals surface area contributed by atoms with Gasteiger partial charge in [0.25, 0.3) is 0 Å². The van der Waals surface area contributed by atoms with Crippen molar-refractivity contribution in [3.63, 3.8) is 0 Å². The first-order chi connectivity index (χ1) is 10.7. The van der Waals surface area contributed by atoms with Crippen LogP contribution in [0.15, 0.2) is 28.8 Å². The molecule has 1 aromatic heterocycles. The summed E-state index contributed by atoms with van der Waals surface area (Å²) in [5.41, 5.74) is 1.90. The van der Waals surface area contributed by atoms with Gasteiger partial charge in [-0.2, -0.15) is 0 Å². The number of rotatable bonds is 5. The lowest BCUT2D eigenvalue weighted by Crippen LogP contribution is -2.22. The van der Waals surface area contributed by atoms with Gasteiger partial charge in [-0.15, -0.1) is 0 Å². The van der Waals surface area contributed by atoms with E-state index in [-0.39, 0.29) is 11.8 Å². The predicted octanol–water partition coefficient (Wildman–Crippen LogP) is 3.29. The van der Waals surface area contributed by atoms with E-state index in [0.717, 1.165) is 42.8 Å². The molecule has 1 aliphatic heterocycles. The van der Waals surface area contributed by atoms with Gasteiger partial charge in [-0.3, -0.25) is 4.90 Å². The maximum atomic E-state index is 10.1. The number of aromatic nitrogens is 1. The number of nitrogens with zero attached hydrogens (tertiary/aromatic N) is 2. The van der Waals surface area contributed by atoms with Crippen LogP contribution >= 0.6 is 0 Å². The largest absolute Gasteiger partial charge is 0.507 e. The maximum absolute atomic E-state index is 10.1. The van der Waals surface area contributed by atoms with Gasteiger partial charge < -0.3 is 14.4 Å². The van der Waals surface area contributed by atoms with E-state index in [1.54, 1.807) is 13.2 Å². The van der Waals surface area contributed by atoms with E-state index < -0.39 is 0 Å². The molecule has 1 fully saturated rings. The number of likely N-dealkylation sites (tertiary alicyclic amines) is 1. The lowest BCUT2D eigenvalue weighted by atomic mass is 10.1. The minimum atomic E-state index is 0.245. The highest BCUT2D eigenvalue weighted by atomic mass is 16.5. The second-order valence-corrected chi connectivity index (χ2v) is 5.70. The van der Waals surface area contributed by atoms with Gasteiger partial charge in [0.2, 0.25) is 0 Å². The highest BCUT2D eigenvalue weighted by Gasteiger charge is 2.29. The number of hydrogen-bond acceptors (Lipinski definition) is 5. The fraction of sp³-hybridized carbons (Fsp3) is 0.471. The standard InChI is InChI=1S/C17H22N2O3/c1-3-13-9-17(22-18-13)15-5-4-8-19(15)11-12-6-7-14(21-2)10-16(12)20/h6-7,9-10,15,20H,3-5,8,11H2,1-2H3/t15-/m0/s1. The Kier molecular flexibility index (Phi) is 4.34. The van der Waals surface area contributed by atoms with E-state index in [9.17, 15) is 5.11 Å². The Morgan fingerprint density at radius 3 is 2.95 bits per heavy atom. The zero-order chi connectivity index (χ0) is 15.5. The second-order valence-electron chi connectivity index (χ2n) is 5.70. The molecule has 2 aromatic rings. The third-order valence-corrected chi connectivity index (χ3v) is 4.30. The highest BCUT2D eigenvalue weighted by molar-refractivity contribution is 5.39. The summed E-state index contributed by atoms with van der Waals surface area (Å²) in [5, 5.41) is 14.2. The number of benzene rings is 1. The monoisotopic (exact) mass is 302 g/mol. The smallest absolute Gasteiger partial charge is 0.154 e. The van der Waals surface area contributed by atoms with Crippen LogP contribution < -0.4 is 4.74 Å². The molecular formula is C17H22N2O3. The molecule has 5 heteroatoms. The van der Waals surface area contributed by atoms with Gasteiger partial charge in [0.15, 0.2) is 5.76 Å². The van der Waals surface area contributed by atoms with E-state index in [4.69, 9.17) is 9.26 Å². The summed E-state index contributed by atoms with van der Waals surface area (Å²) in [6.07, 6.45) is 3.08. The number of aryl methyl sites for hydroxylation is 1. The van der Waals surface area contributed by atoms with Gasteiger partial charge in [-0.25, -0.2) is 0 Å². The van der Waals surface area contributed by atoms with Crippen LogP contribution in [0.1, 0.15) is 42.8 Å². The Morgan fingerprint density at radius 2 is 2.27 bits per heavy atom. The minimum Gasteiger partial charge on any atom is -0.507 e. The Labute approximate surface area is 130 Å². The Hall–Kier alpha value is -2.01. The van der Waals surface area contributed by atoms with Crippen molar-refractivity contribution in [2.45, 2.75) is 38.8 Å². The van der Waals surface area contributed by atoms with Gasteiger partial charge in [-0.1, -0.05) is 18.1 Å².